The third-order valence-electron chi connectivity index (χ3n) is 5.57. The van der Waals surface area contributed by atoms with Crippen molar-refractivity contribution in [2.24, 2.45) is 0 Å². The number of imidazole rings is 1. The number of nitrogens with zero attached hydrogens (tertiary/aromatic N) is 5. The summed E-state index contributed by atoms with van der Waals surface area (Å²) in [7, 11) is 2.14. The molecule has 0 atom stereocenters. The highest BCUT2D eigenvalue weighted by Gasteiger charge is 2.18. The fourth-order valence-corrected chi connectivity index (χ4v) is 4.73. The van der Waals surface area contributed by atoms with E-state index < -0.39 is 0 Å². The number of benzene rings is 1. The van der Waals surface area contributed by atoms with Gasteiger partial charge in [0.15, 0.2) is 5.16 Å². The van der Waals surface area contributed by atoms with Gasteiger partial charge in [-0.05, 0) is 50.2 Å². The van der Waals surface area contributed by atoms with Gasteiger partial charge in [-0.3, -0.25) is 9.36 Å². The normalized spacial score (nSPS) is 14.5. The molecule has 1 saturated heterocycles. The molecule has 8 heteroatoms. The lowest BCUT2D eigenvalue weighted by Crippen LogP contribution is -2.45. The van der Waals surface area contributed by atoms with Crippen molar-refractivity contribution in [3.05, 3.63) is 65.6 Å². The molecule has 3 aromatic rings. The summed E-state index contributed by atoms with van der Waals surface area (Å²) in [5, 5.41) is 3.86. The van der Waals surface area contributed by atoms with Crippen LogP contribution in [0.3, 0.4) is 0 Å². The lowest BCUT2D eigenvalue weighted by atomic mass is 10.1. The Kier molecular flexibility index (Phi) is 7.12. The summed E-state index contributed by atoms with van der Waals surface area (Å²) in [6.07, 6.45) is 5.53. The molecule has 0 spiro atoms. The first-order valence-corrected chi connectivity index (χ1v) is 11.9. The predicted octanol–water partition coefficient (Wildman–Crippen LogP) is 3.04. The first kappa shape index (κ1) is 22.4. The summed E-state index contributed by atoms with van der Waals surface area (Å²) >= 11 is 1.44. The highest BCUT2D eigenvalue weighted by atomic mass is 32.2. The van der Waals surface area contributed by atoms with Crippen LogP contribution in [0.25, 0.3) is 5.69 Å². The molecular formula is C24H30N6OS. The molecule has 168 valence electrons. The van der Waals surface area contributed by atoms with Gasteiger partial charge in [0.05, 0.1) is 5.75 Å². The van der Waals surface area contributed by atoms with E-state index in [1.54, 1.807) is 6.20 Å². The molecule has 0 aliphatic carbocycles. The molecule has 3 heterocycles. The maximum absolute atomic E-state index is 12.6. The summed E-state index contributed by atoms with van der Waals surface area (Å²) in [6.45, 7) is 8.58. The number of aryl methyl sites for hydroxylation is 2. The van der Waals surface area contributed by atoms with Crippen molar-refractivity contribution in [1.82, 2.24) is 24.8 Å². The third kappa shape index (κ3) is 5.49. The highest BCUT2D eigenvalue weighted by Crippen LogP contribution is 2.22. The summed E-state index contributed by atoms with van der Waals surface area (Å²) in [5.41, 5.74) is 4.52. The van der Waals surface area contributed by atoms with Crippen molar-refractivity contribution in [2.45, 2.75) is 25.5 Å². The number of hydrogen-bond donors (Lipinski definition) is 1. The Balaban J connectivity index is 1.35. The first-order valence-electron chi connectivity index (χ1n) is 10.9. The number of likely N-dealkylation sites (N-methyl/N-ethyl adjacent to an activating group) is 1. The summed E-state index contributed by atoms with van der Waals surface area (Å²) in [4.78, 5) is 26.2. The van der Waals surface area contributed by atoms with Gasteiger partial charge in [0.2, 0.25) is 5.91 Å². The molecule has 1 N–H and O–H groups in total. The number of hydrogen-bond acceptors (Lipinski definition) is 6. The largest absolute Gasteiger partial charge is 0.354 e. The van der Waals surface area contributed by atoms with Crippen molar-refractivity contribution in [1.29, 1.82) is 0 Å². The standard InChI is InChI=1S/C24H30N6OS/c1-18-13-19(2)15-21(14-18)30-8-7-26-24(30)32-17-22(31)27-16-20-5-4-6-25-23(20)29-11-9-28(3)10-12-29/h4-8,13-15H,9-12,16-17H2,1-3H3,(H,27,31). The van der Waals surface area contributed by atoms with Crippen LogP contribution in [0.1, 0.15) is 16.7 Å². The van der Waals surface area contributed by atoms with Gasteiger partial charge >= 0.3 is 0 Å². The minimum atomic E-state index is -0.0156. The Morgan fingerprint density at radius 1 is 1.06 bits per heavy atom. The zero-order chi connectivity index (χ0) is 22.5. The number of rotatable bonds is 7. The highest BCUT2D eigenvalue weighted by molar-refractivity contribution is 7.99. The van der Waals surface area contributed by atoms with Gasteiger partial charge < -0.3 is 15.1 Å². The van der Waals surface area contributed by atoms with Crippen LogP contribution in [0.5, 0.6) is 0 Å². The number of aromatic nitrogens is 3. The maximum Gasteiger partial charge on any atom is 0.230 e. The minimum absolute atomic E-state index is 0.0156. The molecule has 0 unspecified atom stereocenters. The van der Waals surface area contributed by atoms with Crippen LogP contribution in [0.15, 0.2) is 54.1 Å². The predicted molar refractivity (Wildman–Crippen MR) is 130 cm³/mol. The molecule has 0 radical (unpaired) electrons. The number of nitrogens with one attached hydrogen (secondary N) is 1. The van der Waals surface area contributed by atoms with Crippen molar-refractivity contribution in [2.75, 3.05) is 43.9 Å². The van der Waals surface area contributed by atoms with Gasteiger partial charge in [0.25, 0.3) is 0 Å². The first-order chi connectivity index (χ1) is 15.5. The fraction of sp³-hybridized carbons (Fsp3) is 0.375. The molecule has 1 amide bonds. The zero-order valence-electron chi connectivity index (χ0n) is 18.9. The van der Waals surface area contributed by atoms with Crippen molar-refractivity contribution >= 4 is 23.5 Å². The van der Waals surface area contributed by atoms with Gasteiger partial charge in [-0.2, -0.15) is 0 Å². The lowest BCUT2D eigenvalue weighted by molar-refractivity contribution is -0.118. The van der Waals surface area contributed by atoms with E-state index in [9.17, 15) is 4.79 Å². The van der Waals surface area contributed by atoms with Crippen molar-refractivity contribution < 1.29 is 4.79 Å². The lowest BCUT2D eigenvalue weighted by Gasteiger charge is -2.34. The molecule has 1 aromatic carbocycles. The number of anilines is 1. The average molecular weight is 451 g/mol. The Morgan fingerprint density at radius 3 is 2.56 bits per heavy atom. The number of carbonyl (C=O) groups is 1. The molecule has 7 nitrogen and oxygen atoms in total. The van der Waals surface area contributed by atoms with Crippen LogP contribution in [-0.4, -0.2) is 64.3 Å². The molecule has 0 bridgehead atoms. The summed E-state index contributed by atoms with van der Waals surface area (Å²) in [6, 6.07) is 10.4. The second-order valence-corrected chi connectivity index (χ2v) is 9.21. The number of amides is 1. The van der Waals surface area contributed by atoms with Crippen LogP contribution in [0.4, 0.5) is 5.82 Å². The second kappa shape index (κ2) is 10.2. The molecule has 4 rings (SSSR count). The van der Waals surface area contributed by atoms with E-state index in [4.69, 9.17) is 0 Å². The maximum atomic E-state index is 12.6. The molecular weight excluding hydrogens is 420 g/mol. The van der Waals surface area contributed by atoms with E-state index in [-0.39, 0.29) is 5.91 Å². The van der Waals surface area contributed by atoms with Crippen LogP contribution >= 0.6 is 11.8 Å². The zero-order valence-corrected chi connectivity index (χ0v) is 19.7. The van der Waals surface area contributed by atoms with Crippen LogP contribution < -0.4 is 10.2 Å². The van der Waals surface area contributed by atoms with E-state index >= 15 is 0 Å². The third-order valence-corrected chi connectivity index (χ3v) is 6.54. The molecule has 2 aromatic heterocycles. The van der Waals surface area contributed by atoms with Gasteiger partial charge in [0, 0.05) is 62.6 Å². The SMILES string of the molecule is Cc1cc(C)cc(-n2ccnc2SCC(=O)NCc2cccnc2N2CCN(C)CC2)c1. The number of pyridine rings is 1. The van der Waals surface area contributed by atoms with E-state index in [0.29, 0.717) is 12.3 Å². The van der Waals surface area contributed by atoms with E-state index in [2.05, 4.69) is 64.2 Å². The molecule has 32 heavy (non-hydrogen) atoms. The second-order valence-electron chi connectivity index (χ2n) is 8.27. The smallest absolute Gasteiger partial charge is 0.230 e. The van der Waals surface area contributed by atoms with Gasteiger partial charge in [-0.25, -0.2) is 9.97 Å². The average Bonchev–Trinajstić information content (AvgIpc) is 3.25. The number of piperazine rings is 1. The van der Waals surface area contributed by atoms with Crippen molar-refractivity contribution in [3.8, 4) is 5.69 Å². The van der Waals surface area contributed by atoms with Crippen molar-refractivity contribution in [3.63, 3.8) is 0 Å². The fourth-order valence-electron chi connectivity index (χ4n) is 3.93. The van der Waals surface area contributed by atoms with Gasteiger partial charge in [-0.15, -0.1) is 0 Å². The quantitative estimate of drug-likeness (QED) is 0.558. The molecule has 0 saturated carbocycles. The van der Waals surface area contributed by atoms with Gasteiger partial charge in [-0.1, -0.05) is 23.9 Å². The molecule has 1 aliphatic heterocycles. The van der Waals surface area contributed by atoms with Crippen LogP contribution in [0.2, 0.25) is 0 Å². The Morgan fingerprint density at radius 2 is 1.81 bits per heavy atom. The van der Waals surface area contributed by atoms with E-state index in [0.717, 1.165) is 48.4 Å². The monoisotopic (exact) mass is 450 g/mol. The van der Waals surface area contributed by atoms with Crippen LogP contribution in [0, 0.1) is 13.8 Å². The molecule has 1 aliphatic rings. The summed E-state index contributed by atoms with van der Waals surface area (Å²) < 4.78 is 2.03. The number of carbonyl (C=O) groups excluding carboxylic acids is 1. The minimum Gasteiger partial charge on any atom is -0.354 e. The van der Waals surface area contributed by atoms with E-state index in [1.165, 1.54) is 22.9 Å². The van der Waals surface area contributed by atoms with Gasteiger partial charge in [0.1, 0.15) is 5.82 Å². The molecule has 1 fully saturated rings. The topological polar surface area (TPSA) is 66.3 Å². The van der Waals surface area contributed by atoms with E-state index in [1.807, 2.05) is 29.1 Å². The summed E-state index contributed by atoms with van der Waals surface area (Å²) in [5.74, 6) is 1.27. The Hall–Kier alpha value is -2.84. The van der Waals surface area contributed by atoms with Crippen LogP contribution in [-0.2, 0) is 11.3 Å². The Bertz CT molecular complexity index is 1050. The number of thioether (sulfide) groups is 1. The Labute approximate surface area is 193 Å².